The highest BCUT2D eigenvalue weighted by atomic mass is 16.2. The Bertz CT molecular complexity index is 660. The molecular weight excluding hydrogens is 352 g/mol. The van der Waals surface area contributed by atoms with Crippen LogP contribution in [0.3, 0.4) is 0 Å². The maximum absolute atomic E-state index is 12.4. The summed E-state index contributed by atoms with van der Waals surface area (Å²) in [6.45, 7) is 12.7. The number of benzene rings is 1. The minimum Gasteiger partial charge on any atom is -0.349 e. The van der Waals surface area contributed by atoms with E-state index in [0.29, 0.717) is 24.8 Å². The first-order valence-corrected chi connectivity index (χ1v) is 10.3. The predicted molar refractivity (Wildman–Crippen MR) is 112 cm³/mol. The van der Waals surface area contributed by atoms with Crippen LogP contribution < -0.4 is 15.6 Å². The van der Waals surface area contributed by atoms with Crippen molar-refractivity contribution in [3.05, 3.63) is 42.0 Å². The molecule has 0 aromatic heterocycles. The summed E-state index contributed by atoms with van der Waals surface area (Å²) in [5, 5.41) is 4.38. The van der Waals surface area contributed by atoms with Gasteiger partial charge in [0.15, 0.2) is 0 Å². The highest BCUT2D eigenvalue weighted by molar-refractivity contribution is 5.88. The Hall–Kier alpha value is -2.34. The molecule has 0 spiro atoms. The van der Waals surface area contributed by atoms with Crippen molar-refractivity contribution in [1.29, 1.82) is 0 Å². The summed E-state index contributed by atoms with van der Waals surface area (Å²) in [5.41, 5.74) is 4.94. The van der Waals surface area contributed by atoms with Gasteiger partial charge in [-0.15, -0.1) is 0 Å². The second-order valence-corrected chi connectivity index (χ2v) is 8.33. The third-order valence-corrected chi connectivity index (χ3v) is 4.62. The molecule has 1 aliphatic heterocycles. The van der Waals surface area contributed by atoms with Gasteiger partial charge in [-0.25, -0.2) is 5.01 Å². The van der Waals surface area contributed by atoms with Gasteiger partial charge in [0, 0.05) is 18.3 Å². The summed E-state index contributed by atoms with van der Waals surface area (Å²) in [5.74, 6) is 1.02. The molecule has 0 bridgehead atoms. The number of carbonyl (C=O) groups excluding carboxylic acids is 2. The number of hydrazine groups is 1. The molecule has 1 aliphatic rings. The first-order valence-electron chi connectivity index (χ1n) is 10.3. The van der Waals surface area contributed by atoms with Crippen molar-refractivity contribution < 1.29 is 14.5 Å². The van der Waals surface area contributed by atoms with E-state index in [9.17, 15) is 9.59 Å². The summed E-state index contributed by atoms with van der Waals surface area (Å²) in [4.78, 5) is 26.0. The fourth-order valence-corrected chi connectivity index (χ4v) is 3.50. The predicted octanol–water partition coefficient (Wildman–Crippen LogP) is 1.08. The smallest absolute Gasteiger partial charge is 0.245 e. The topological polar surface area (TPSA) is 65.9 Å². The summed E-state index contributed by atoms with van der Waals surface area (Å²) >= 11 is 0. The zero-order chi connectivity index (χ0) is 20.5. The van der Waals surface area contributed by atoms with Crippen molar-refractivity contribution in [3.8, 4) is 0 Å². The lowest BCUT2D eigenvalue weighted by molar-refractivity contribution is -0.904. The summed E-state index contributed by atoms with van der Waals surface area (Å²) in [6.07, 6.45) is 2.16. The average molecular weight is 388 g/mol. The molecule has 2 rings (SSSR count). The van der Waals surface area contributed by atoms with Crippen molar-refractivity contribution in [3.63, 3.8) is 0 Å². The minimum atomic E-state index is -0.136. The van der Waals surface area contributed by atoms with Crippen molar-refractivity contribution >= 4 is 17.5 Å². The molecule has 0 saturated carbocycles. The second-order valence-electron chi connectivity index (χ2n) is 8.33. The maximum atomic E-state index is 12.4. The third kappa shape index (κ3) is 7.35. The third-order valence-electron chi connectivity index (χ3n) is 4.62. The van der Waals surface area contributed by atoms with Gasteiger partial charge < -0.3 is 10.2 Å². The number of nitrogens with one attached hydrogen (secondary N) is 3. The van der Waals surface area contributed by atoms with Crippen LogP contribution in [0, 0.1) is 11.8 Å². The van der Waals surface area contributed by atoms with Crippen LogP contribution >= 0.6 is 0 Å². The Morgan fingerprint density at radius 3 is 2.39 bits per heavy atom. The number of carbonyl (C=O) groups is 2. The normalized spacial score (nSPS) is 14.5. The quantitative estimate of drug-likeness (QED) is 0.563. The first-order chi connectivity index (χ1) is 13.3. The maximum Gasteiger partial charge on any atom is 0.245 e. The lowest BCUT2D eigenvalue weighted by atomic mass is 10.1. The number of amides is 2. The monoisotopic (exact) mass is 387 g/mol. The van der Waals surface area contributed by atoms with Crippen LogP contribution in [0.1, 0.15) is 39.7 Å². The molecule has 6 nitrogen and oxygen atoms in total. The Kier molecular flexibility index (Phi) is 8.51. The van der Waals surface area contributed by atoms with Gasteiger partial charge >= 0.3 is 0 Å². The van der Waals surface area contributed by atoms with E-state index >= 15 is 0 Å². The van der Waals surface area contributed by atoms with Gasteiger partial charge in [-0.1, -0.05) is 58.0 Å². The SMILES string of the molecule is CC(C)C[NH+](CCNC(=O)CN1NC(c2ccccc2)=CCC1=O)CC(C)C. The van der Waals surface area contributed by atoms with Crippen molar-refractivity contribution in [2.24, 2.45) is 11.8 Å². The molecule has 0 fully saturated rings. The number of rotatable bonds is 10. The Morgan fingerprint density at radius 1 is 1.14 bits per heavy atom. The molecule has 28 heavy (non-hydrogen) atoms. The first kappa shape index (κ1) is 22.0. The lowest BCUT2D eigenvalue weighted by Crippen LogP contribution is -3.13. The molecule has 6 heteroatoms. The van der Waals surface area contributed by atoms with Crippen LogP contribution in [0.4, 0.5) is 0 Å². The van der Waals surface area contributed by atoms with E-state index in [0.717, 1.165) is 30.9 Å². The highest BCUT2D eigenvalue weighted by Crippen LogP contribution is 2.16. The van der Waals surface area contributed by atoms with Gasteiger partial charge in [-0.3, -0.25) is 15.0 Å². The van der Waals surface area contributed by atoms with E-state index in [1.54, 1.807) is 0 Å². The van der Waals surface area contributed by atoms with Gasteiger partial charge in [-0.05, 0) is 11.6 Å². The minimum absolute atomic E-state index is 0.0205. The molecule has 0 atom stereocenters. The van der Waals surface area contributed by atoms with Gasteiger partial charge in [-0.2, -0.15) is 0 Å². The largest absolute Gasteiger partial charge is 0.349 e. The summed E-state index contributed by atoms with van der Waals surface area (Å²) in [6, 6.07) is 9.82. The molecule has 1 heterocycles. The molecule has 0 saturated heterocycles. The van der Waals surface area contributed by atoms with Crippen LogP contribution in [0.15, 0.2) is 36.4 Å². The molecule has 2 amide bonds. The van der Waals surface area contributed by atoms with Crippen molar-refractivity contribution in [1.82, 2.24) is 15.8 Å². The Morgan fingerprint density at radius 2 is 1.79 bits per heavy atom. The van der Waals surface area contributed by atoms with E-state index in [2.05, 4.69) is 38.4 Å². The number of quaternary nitrogens is 1. The van der Waals surface area contributed by atoms with Crippen molar-refractivity contribution in [2.45, 2.75) is 34.1 Å². The highest BCUT2D eigenvalue weighted by Gasteiger charge is 2.22. The van der Waals surface area contributed by atoms with E-state index in [4.69, 9.17) is 0 Å². The molecule has 3 N–H and O–H groups in total. The molecule has 0 unspecified atom stereocenters. The molecule has 0 aliphatic carbocycles. The molecule has 1 aromatic rings. The lowest BCUT2D eigenvalue weighted by Gasteiger charge is -2.29. The van der Waals surface area contributed by atoms with Gasteiger partial charge in [0.1, 0.15) is 6.54 Å². The summed E-state index contributed by atoms with van der Waals surface area (Å²) in [7, 11) is 0. The number of hydrogen-bond donors (Lipinski definition) is 3. The van der Waals surface area contributed by atoms with Gasteiger partial charge in [0.2, 0.25) is 11.8 Å². The number of hydrogen-bond acceptors (Lipinski definition) is 3. The fourth-order valence-electron chi connectivity index (χ4n) is 3.50. The Labute approximate surface area is 168 Å². The molecule has 1 aromatic carbocycles. The van der Waals surface area contributed by atoms with E-state index in [1.807, 2.05) is 36.4 Å². The van der Waals surface area contributed by atoms with Crippen LogP contribution in [0.2, 0.25) is 0 Å². The molecule has 154 valence electrons. The number of nitrogens with zero attached hydrogens (tertiary/aromatic N) is 1. The summed E-state index contributed by atoms with van der Waals surface area (Å²) < 4.78 is 0. The molecule has 0 radical (unpaired) electrons. The zero-order valence-corrected chi connectivity index (χ0v) is 17.6. The van der Waals surface area contributed by atoms with Crippen LogP contribution in [0.25, 0.3) is 5.70 Å². The van der Waals surface area contributed by atoms with Gasteiger partial charge in [0.25, 0.3) is 0 Å². The van der Waals surface area contributed by atoms with Crippen LogP contribution in [0.5, 0.6) is 0 Å². The van der Waals surface area contributed by atoms with E-state index < -0.39 is 0 Å². The van der Waals surface area contributed by atoms with Gasteiger partial charge in [0.05, 0.1) is 31.9 Å². The van der Waals surface area contributed by atoms with Crippen molar-refractivity contribution in [2.75, 3.05) is 32.7 Å². The van der Waals surface area contributed by atoms with Crippen LogP contribution in [-0.2, 0) is 9.59 Å². The van der Waals surface area contributed by atoms with E-state index in [-0.39, 0.29) is 18.4 Å². The zero-order valence-electron chi connectivity index (χ0n) is 17.6. The van der Waals surface area contributed by atoms with Crippen LogP contribution in [-0.4, -0.2) is 49.5 Å². The fraction of sp³-hybridized carbons (Fsp3) is 0.545. The molecular formula is C22H35N4O2+. The second kappa shape index (κ2) is 10.9. The average Bonchev–Trinajstić information content (AvgIpc) is 2.63. The standard InChI is InChI=1S/C22H34N4O2/c1-17(2)14-25(15-18(3)4)13-12-23-21(27)16-26-22(28)11-10-20(24-26)19-8-6-5-7-9-19/h5-10,17-18,24H,11-16H2,1-4H3,(H,23,27)/p+1. The Balaban J connectivity index is 1.81. The van der Waals surface area contributed by atoms with E-state index in [1.165, 1.54) is 9.91 Å².